The molecular formula is C13H18. The van der Waals surface area contributed by atoms with E-state index in [1.54, 1.807) is 0 Å². The minimum Gasteiger partial charge on any atom is -0.0951 e. The van der Waals surface area contributed by atoms with E-state index < -0.39 is 0 Å². The van der Waals surface area contributed by atoms with Gasteiger partial charge in [-0.3, -0.25) is 0 Å². The molecule has 0 radical (unpaired) electrons. The summed E-state index contributed by atoms with van der Waals surface area (Å²) in [7, 11) is 0. The predicted molar refractivity (Wildman–Crippen MR) is 59.5 cm³/mol. The molecule has 0 aliphatic heterocycles. The Morgan fingerprint density at radius 1 is 1.00 bits per heavy atom. The van der Waals surface area contributed by atoms with Crippen LogP contribution in [-0.4, -0.2) is 0 Å². The van der Waals surface area contributed by atoms with Crippen LogP contribution in [0.2, 0.25) is 0 Å². The number of hydrogen-bond donors (Lipinski definition) is 0. The first kappa shape index (κ1) is 11.8. The summed E-state index contributed by atoms with van der Waals surface area (Å²) >= 11 is 0. The zero-order valence-corrected chi connectivity index (χ0v) is 8.96. The summed E-state index contributed by atoms with van der Waals surface area (Å²) in [5.41, 5.74) is 1.10. The molecule has 0 heteroatoms. The Morgan fingerprint density at radius 3 is 2.00 bits per heavy atom. The van der Waals surface area contributed by atoms with Crippen molar-refractivity contribution in [3.63, 3.8) is 0 Å². The molecule has 0 aliphatic carbocycles. The normalized spacial score (nSPS) is 8.08. The van der Waals surface area contributed by atoms with Gasteiger partial charge in [0.25, 0.3) is 0 Å². The summed E-state index contributed by atoms with van der Waals surface area (Å²) in [6, 6.07) is 10.1. The lowest BCUT2D eigenvalue weighted by Gasteiger charge is -1.88. The summed E-state index contributed by atoms with van der Waals surface area (Å²) in [5, 5.41) is 0. The van der Waals surface area contributed by atoms with Crippen LogP contribution in [-0.2, 0) is 0 Å². The van der Waals surface area contributed by atoms with E-state index in [1.165, 1.54) is 0 Å². The van der Waals surface area contributed by atoms with Crippen molar-refractivity contribution in [2.75, 3.05) is 0 Å². The predicted octanol–water partition coefficient (Wildman–Crippen LogP) is 3.72. The topological polar surface area (TPSA) is 0 Å². The molecule has 0 aliphatic rings. The van der Waals surface area contributed by atoms with E-state index >= 15 is 0 Å². The Labute approximate surface area is 82.0 Å². The van der Waals surface area contributed by atoms with E-state index in [2.05, 4.69) is 25.7 Å². The van der Waals surface area contributed by atoms with Crippen molar-refractivity contribution >= 4 is 0 Å². The first-order chi connectivity index (χ1) is 6.29. The zero-order valence-electron chi connectivity index (χ0n) is 8.96. The first-order valence-electron chi connectivity index (χ1n) is 4.85. The Balaban J connectivity index is 0.000000671. The molecule has 0 atom stereocenters. The molecule has 1 aromatic carbocycles. The van der Waals surface area contributed by atoms with Gasteiger partial charge in [-0.25, -0.2) is 0 Å². The molecule has 1 aromatic rings. The molecule has 0 spiro atoms. The van der Waals surface area contributed by atoms with Gasteiger partial charge in [0.2, 0.25) is 0 Å². The maximum Gasteiger partial charge on any atom is 0.0245 e. The lowest BCUT2D eigenvalue weighted by atomic mass is 10.2. The Morgan fingerprint density at radius 2 is 1.54 bits per heavy atom. The molecule has 0 heterocycles. The van der Waals surface area contributed by atoms with Crippen LogP contribution in [0.1, 0.15) is 33.3 Å². The van der Waals surface area contributed by atoms with Gasteiger partial charge in [0, 0.05) is 11.5 Å². The van der Waals surface area contributed by atoms with Crippen LogP contribution in [0.4, 0.5) is 0 Å². The Kier molecular flexibility index (Phi) is 6.73. The van der Waals surface area contributed by atoms with Crippen LogP contribution in [0.15, 0.2) is 30.3 Å². The fourth-order valence-electron chi connectivity index (χ4n) is 0.749. The van der Waals surface area contributed by atoms with Crippen LogP contribution in [0, 0.1) is 17.8 Å². The quantitative estimate of drug-likeness (QED) is 0.526. The maximum atomic E-state index is 3.11. The fourth-order valence-corrected chi connectivity index (χ4v) is 0.749. The van der Waals surface area contributed by atoms with Gasteiger partial charge < -0.3 is 0 Å². The standard InChI is InChI=1S/C11H12.C2H6/c1-10(2)8-9-11-6-4-3-5-7-11;1-2/h3-7,10H,1-2H3;1-2H3. The summed E-state index contributed by atoms with van der Waals surface area (Å²) in [6.07, 6.45) is 0. The highest BCUT2D eigenvalue weighted by Gasteiger charge is 1.83. The van der Waals surface area contributed by atoms with E-state index in [-0.39, 0.29) is 0 Å². The second-order valence-electron chi connectivity index (χ2n) is 2.79. The molecule has 0 fully saturated rings. The van der Waals surface area contributed by atoms with E-state index in [9.17, 15) is 0 Å². The molecule has 0 saturated heterocycles. The van der Waals surface area contributed by atoms with Crippen molar-refractivity contribution in [2.24, 2.45) is 5.92 Å². The van der Waals surface area contributed by atoms with Crippen molar-refractivity contribution in [3.05, 3.63) is 35.9 Å². The fraction of sp³-hybridized carbons (Fsp3) is 0.385. The van der Waals surface area contributed by atoms with Gasteiger partial charge in [-0.15, -0.1) is 0 Å². The molecule has 13 heavy (non-hydrogen) atoms. The van der Waals surface area contributed by atoms with Crippen molar-refractivity contribution in [1.29, 1.82) is 0 Å². The van der Waals surface area contributed by atoms with Crippen LogP contribution in [0.5, 0.6) is 0 Å². The van der Waals surface area contributed by atoms with Crippen LogP contribution in [0.3, 0.4) is 0 Å². The highest BCUT2D eigenvalue weighted by molar-refractivity contribution is 5.33. The molecule has 0 amide bonds. The molecule has 0 aromatic heterocycles. The van der Waals surface area contributed by atoms with Crippen molar-refractivity contribution in [3.8, 4) is 11.8 Å². The second-order valence-corrected chi connectivity index (χ2v) is 2.79. The van der Waals surface area contributed by atoms with Gasteiger partial charge in [-0.05, 0) is 12.1 Å². The SMILES string of the molecule is CC.CC(C)C#Cc1ccccc1. The van der Waals surface area contributed by atoms with Gasteiger partial charge in [-0.2, -0.15) is 0 Å². The molecule has 0 unspecified atom stereocenters. The van der Waals surface area contributed by atoms with Crippen LogP contribution < -0.4 is 0 Å². The largest absolute Gasteiger partial charge is 0.0951 e. The van der Waals surface area contributed by atoms with Gasteiger partial charge in [-0.1, -0.05) is 57.7 Å². The smallest absolute Gasteiger partial charge is 0.0245 e. The third-order valence-electron chi connectivity index (χ3n) is 1.28. The minimum atomic E-state index is 0.454. The average molecular weight is 174 g/mol. The highest BCUT2D eigenvalue weighted by atomic mass is 13.9. The Hall–Kier alpha value is -1.22. The number of rotatable bonds is 0. The maximum absolute atomic E-state index is 3.11. The van der Waals surface area contributed by atoms with Crippen LogP contribution >= 0.6 is 0 Å². The second kappa shape index (κ2) is 7.43. The van der Waals surface area contributed by atoms with Crippen LogP contribution in [0.25, 0.3) is 0 Å². The lowest BCUT2D eigenvalue weighted by Crippen LogP contribution is -1.78. The van der Waals surface area contributed by atoms with E-state index in [0.29, 0.717) is 5.92 Å². The third-order valence-corrected chi connectivity index (χ3v) is 1.28. The average Bonchev–Trinajstić information content (AvgIpc) is 2.19. The first-order valence-corrected chi connectivity index (χ1v) is 4.85. The lowest BCUT2D eigenvalue weighted by molar-refractivity contribution is 0.866. The zero-order chi connectivity index (χ0) is 10.1. The third kappa shape index (κ3) is 5.99. The van der Waals surface area contributed by atoms with Gasteiger partial charge >= 0.3 is 0 Å². The molecule has 70 valence electrons. The van der Waals surface area contributed by atoms with Gasteiger partial charge in [0.05, 0.1) is 0 Å². The molecule has 0 bridgehead atoms. The highest BCUT2D eigenvalue weighted by Crippen LogP contribution is 1.96. The van der Waals surface area contributed by atoms with E-state index in [1.807, 2.05) is 44.2 Å². The van der Waals surface area contributed by atoms with Gasteiger partial charge in [0.15, 0.2) is 0 Å². The molecule has 0 nitrogen and oxygen atoms in total. The monoisotopic (exact) mass is 174 g/mol. The van der Waals surface area contributed by atoms with E-state index in [4.69, 9.17) is 0 Å². The van der Waals surface area contributed by atoms with Crippen molar-refractivity contribution < 1.29 is 0 Å². The number of hydrogen-bond acceptors (Lipinski definition) is 0. The molecule has 0 N–H and O–H groups in total. The molecule has 0 saturated carbocycles. The van der Waals surface area contributed by atoms with E-state index in [0.717, 1.165) is 5.56 Å². The van der Waals surface area contributed by atoms with Crippen molar-refractivity contribution in [1.82, 2.24) is 0 Å². The Bertz CT molecular complexity index is 259. The minimum absolute atomic E-state index is 0.454. The summed E-state index contributed by atoms with van der Waals surface area (Å²) in [5.74, 6) is 6.66. The molecule has 1 rings (SSSR count). The summed E-state index contributed by atoms with van der Waals surface area (Å²) in [4.78, 5) is 0. The van der Waals surface area contributed by atoms with Crippen molar-refractivity contribution in [2.45, 2.75) is 27.7 Å². The van der Waals surface area contributed by atoms with Gasteiger partial charge in [0.1, 0.15) is 0 Å². The number of benzene rings is 1. The molecular weight excluding hydrogens is 156 g/mol. The summed E-state index contributed by atoms with van der Waals surface area (Å²) in [6.45, 7) is 8.19. The summed E-state index contributed by atoms with van der Waals surface area (Å²) < 4.78 is 0.